The lowest BCUT2D eigenvalue weighted by Gasteiger charge is -2.39. The molecule has 2 aromatic rings. The first-order valence-corrected chi connectivity index (χ1v) is 20.6. The highest BCUT2D eigenvalue weighted by molar-refractivity contribution is 5.98. The largest absolute Gasteiger partial charge is 0.573 e. The highest BCUT2D eigenvalue weighted by atomic mass is 19.4. The van der Waals surface area contributed by atoms with Crippen molar-refractivity contribution in [3.05, 3.63) is 65.2 Å². The zero-order valence-electron chi connectivity index (χ0n) is 34.3. The summed E-state index contributed by atoms with van der Waals surface area (Å²) in [6, 6.07) is -0.716. The van der Waals surface area contributed by atoms with Crippen LogP contribution in [0.2, 0.25) is 0 Å². The average molecular weight is 877 g/mol. The number of cyclic esters (lactones) is 1. The second-order valence-corrected chi connectivity index (χ2v) is 16.4. The fourth-order valence-corrected chi connectivity index (χ4v) is 8.64. The third-order valence-corrected chi connectivity index (χ3v) is 11.6. The number of halogens is 5. The number of fused-ring (bicyclic) bond motifs is 3. The quantitative estimate of drug-likeness (QED) is 0.265. The number of benzene rings is 2. The molecular formula is C42H49F5N6O9. The van der Waals surface area contributed by atoms with E-state index in [1.54, 1.807) is 0 Å². The number of esters is 1. The lowest BCUT2D eigenvalue weighted by molar-refractivity contribution is -0.274. The summed E-state index contributed by atoms with van der Waals surface area (Å²) in [6.45, 7) is 5.08. The predicted octanol–water partition coefficient (Wildman–Crippen LogP) is 2.68. The Morgan fingerprint density at radius 3 is 2.15 bits per heavy atom. The van der Waals surface area contributed by atoms with E-state index in [1.165, 1.54) is 40.7 Å². The van der Waals surface area contributed by atoms with Gasteiger partial charge in [-0.1, -0.05) is 19.1 Å². The number of carbonyl (C=O) groups is 7. The van der Waals surface area contributed by atoms with Gasteiger partial charge in [-0.25, -0.2) is 13.6 Å². The van der Waals surface area contributed by atoms with Crippen LogP contribution in [0.15, 0.2) is 42.5 Å². The minimum atomic E-state index is -4.95. The molecule has 4 heterocycles. The first-order chi connectivity index (χ1) is 29.3. The SMILES string of the molecule is C[C@H]1C[C@H]2C(=O)O[C@@H](C)[C@H](NC(=O)[C@H](Cc3cc(F)cc(F)c3)NC(=O)Cc3ccc(OC(F)(F)F)cc3)C(=O)N3CCC[C@H]3C(=O)N3CCCC[C@H]3C(=O)N[C@@H](C)C(=O)N2C1. The fourth-order valence-electron chi connectivity index (χ4n) is 8.64. The van der Waals surface area contributed by atoms with Gasteiger partial charge < -0.3 is 40.1 Å². The lowest BCUT2D eigenvalue weighted by atomic mass is 9.99. The molecule has 2 aromatic carbocycles. The molecular weight excluding hydrogens is 827 g/mol. The number of hydrogen-bond donors (Lipinski definition) is 3. The maximum absolute atomic E-state index is 14.7. The number of rotatable bonds is 8. The van der Waals surface area contributed by atoms with Gasteiger partial charge in [0.2, 0.25) is 35.4 Å². The van der Waals surface area contributed by atoms with Crippen LogP contribution in [0.3, 0.4) is 0 Å². The Kier molecular flexibility index (Phi) is 14.1. The number of nitrogens with one attached hydrogen (secondary N) is 3. The van der Waals surface area contributed by atoms with Crippen LogP contribution in [0.25, 0.3) is 0 Å². The number of nitrogens with zero attached hydrogens (tertiary/aromatic N) is 3. The first kappa shape index (κ1) is 45.7. The summed E-state index contributed by atoms with van der Waals surface area (Å²) in [5.74, 6) is -7.91. The monoisotopic (exact) mass is 876 g/mol. The van der Waals surface area contributed by atoms with Crippen molar-refractivity contribution >= 4 is 41.4 Å². The molecule has 6 amide bonds. The lowest BCUT2D eigenvalue weighted by Crippen LogP contribution is -2.63. The third-order valence-electron chi connectivity index (χ3n) is 11.6. The summed E-state index contributed by atoms with van der Waals surface area (Å²) in [5.41, 5.74) is 0.141. The summed E-state index contributed by atoms with van der Waals surface area (Å²) in [7, 11) is 0. The van der Waals surface area contributed by atoms with Crippen LogP contribution in [0.5, 0.6) is 5.75 Å². The van der Waals surface area contributed by atoms with E-state index >= 15 is 0 Å². The van der Waals surface area contributed by atoms with Crippen LogP contribution in [0.4, 0.5) is 22.0 Å². The zero-order valence-corrected chi connectivity index (χ0v) is 34.3. The molecule has 8 atom stereocenters. The van der Waals surface area contributed by atoms with Gasteiger partial charge in [0.1, 0.15) is 59.7 Å². The topological polar surface area (TPSA) is 184 Å². The van der Waals surface area contributed by atoms with Gasteiger partial charge in [-0.15, -0.1) is 13.2 Å². The average Bonchev–Trinajstić information content (AvgIpc) is 3.85. The molecule has 3 N–H and O–H groups in total. The van der Waals surface area contributed by atoms with Gasteiger partial charge in [-0.3, -0.25) is 28.8 Å². The molecule has 0 radical (unpaired) electrons. The molecule has 0 saturated carbocycles. The van der Waals surface area contributed by atoms with Gasteiger partial charge >= 0.3 is 12.3 Å². The maximum atomic E-state index is 14.7. The van der Waals surface area contributed by atoms with Crippen LogP contribution in [-0.2, 0) is 51.1 Å². The van der Waals surface area contributed by atoms with E-state index < -0.39 is 120 Å². The fraction of sp³-hybridized carbons (Fsp3) is 0.548. The minimum absolute atomic E-state index is 0.0575. The normalized spacial score (nSPS) is 26.8. The van der Waals surface area contributed by atoms with Gasteiger partial charge in [0.15, 0.2) is 0 Å². The van der Waals surface area contributed by atoms with E-state index in [9.17, 15) is 55.5 Å². The van der Waals surface area contributed by atoms with Crippen LogP contribution < -0.4 is 20.7 Å². The highest BCUT2D eigenvalue weighted by Gasteiger charge is 2.47. The van der Waals surface area contributed by atoms with Crippen LogP contribution in [-0.4, -0.2) is 124 Å². The second kappa shape index (κ2) is 19.1. The van der Waals surface area contributed by atoms with E-state index in [0.29, 0.717) is 31.7 Å². The summed E-state index contributed by atoms with van der Waals surface area (Å²) < 4.78 is 76.5. The Hall–Kier alpha value is -5.82. The van der Waals surface area contributed by atoms with Crippen molar-refractivity contribution in [2.75, 3.05) is 19.6 Å². The molecule has 0 spiro atoms. The first-order valence-electron chi connectivity index (χ1n) is 20.6. The number of ether oxygens (including phenoxy) is 2. The van der Waals surface area contributed by atoms with E-state index in [0.717, 1.165) is 24.3 Å². The summed E-state index contributed by atoms with van der Waals surface area (Å²) in [6.07, 6.45) is -5.09. The molecule has 4 aliphatic rings. The van der Waals surface area contributed by atoms with Gasteiger partial charge in [-0.05, 0) is 93.7 Å². The van der Waals surface area contributed by atoms with Crippen LogP contribution in [0, 0.1) is 17.6 Å². The standard InChI is InChI=1S/C42H49F5N6O9/c1-22-15-33-41(60)61-24(3)35(40(59)52-14-6-8-32(52)39(58)51-13-5-4-7-31(51)37(56)48-23(2)38(57)53(33)21-22)50-36(55)30(18-26-16-27(43)20-28(44)17-26)49-34(54)19-25-9-11-29(12-10-25)62-42(45,46)47/h9-12,16-17,20,22-24,30-33,35H,4-8,13-15,18-19,21H2,1-3H3,(H,48,56)(H,49,54)(H,50,55)/t22-,23-,24-,30-,31-,32-,33-,35-/m0/s1. The highest BCUT2D eigenvalue weighted by Crippen LogP contribution is 2.29. The Morgan fingerprint density at radius 1 is 0.823 bits per heavy atom. The molecule has 62 heavy (non-hydrogen) atoms. The van der Waals surface area contributed by atoms with Gasteiger partial charge in [0.05, 0.1) is 6.42 Å². The number of hydrogen-bond acceptors (Lipinski definition) is 9. The molecule has 0 aromatic heterocycles. The zero-order chi connectivity index (χ0) is 45.0. The molecule has 15 nitrogen and oxygen atoms in total. The van der Waals surface area contributed by atoms with Crippen molar-refractivity contribution in [3.8, 4) is 5.75 Å². The van der Waals surface area contributed by atoms with Gasteiger partial charge in [0, 0.05) is 32.1 Å². The van der Waals surface area contributed by atoms with Crippen molar-refractivity contribution in [1.29, 1.82) is 0 Å². The molecule has 4 aliphatic heterocycles. The Bertz CT molecular complexity index is 2030. The summed E-state index contributed by atoms with van der Waals surface area (Å²) >= 11 is 0. The van der Waals surface area contributed by atoms with E-state index in [-0.39, 0.29) is 49.5 Å². The smallest absolute Gasteiger partial charge is 0.458 e. The van der Waals surface area contributed by atoms with Crippen LogP contribution in [0.1, 0.15) is 70.4 Å². The Balaban J connectivity index is 1.32. The number of alkyl halides is 3. The molecule has 20 heteroatoms. The number of carbonyl (C=O) groups excluding carboxylic acids is 7. The maximum Gasteiger partial charge on any atom is 0.573 e. The minimum Gasteiger partial charge on any atom is -0.458 e. The summed E-state index contributed by atoms with van der Waals surface area (Å²) in [5, 5.41) is 7.77. The van der Waals surface area contributed by atoms with Gasteiger partial charge in [0.25, 0.3) is 0 Å². The van der Waals surface area contributed by atoms with Crippen molar-refractivity contribution in [2.45, 2.75) is 121 Å². The van der Waals surface area contributed by atoms with E-state index in [2.05, 4.69) is 20.7 Å². The van der Waals surface area contributed by atoms with Crippen LogP contribution >= 0.6 is 0 Å². The van der Waals surface area contributed by atoms with Crippen molar-refractivity contribution < 1.29 is 65.0 Å². The van der Waals surface area contributed by atoms with Crippen molar-refractivity contribution in [1.82, 2.24) is 30.7 Å². The third kappa shape index (κ3) is 11.0. The summed E-state index contributed by atoms with van der Waals surface area (Å²) in [4.78, 5) is 102. The predicted molar refractivity (Wildman–Crippen MR) is 207 cm³/mol. The van der Waals surface area contributed by atoms with Gasteiger partial charge in [-0.2, -0.15) is 0 Å². The van der Waals surface area contributed by atoms with E-state index in [1.807, 2.05) is 6.92 Å². The van der Waals surface area contributed by atoms with Crippen molar-refractivity contribution in [2.24, 2.45) is 5.92 Å². The Labute approximate surface area is 354 Å². The molecule has 6 rings (SSSR count). The molecule has 4 saturated heterocycles. The molecule has 0 unspecified atom stereocenters. The number of amides is 6. The van der Waals surface area contributed by atoms with Crippen molar-refractivity contribution in [3.63, 3.8) is 0 Å². The Morgan fingerprint density at radius 2 is 1.47 bits per heavy atom. The number of piperidine rings is 1. The molecule has 336 valence electrons. The molecule has 0 aliphatic carbocycles. The second-order valence-electron chi connectivity index (χ2n) is 16.4. The van der Waals surface area contributed by atoms with E-state index in [4.69, 9.17) is 4.74 Å². The molecule has 0 bridgehead atoms. The molecule has 4 fully saturated rings.